The summed E-state index contributed by atoms with van der Waals surface area (Å²) in [6.07, 6.45) is 0. The summed E-state index contributed by atoms with van der Waals surface area (Å²) in [6, 6.07) is 11.1. The van der Waals surface area contributed by atoms with Gasteiger partial charge in [-0.3, -0.25) is 4.79 Å². The van der Waals surface area contributed by atoms with Crippen LogP contribution >= 0.6 is 15.9 Å². The molecule has 1 amide bonds. The first kappa shape index (κ1) is 15.3. The first-order valence-electron chi connectivity index (χ1n) is 6.10. The van der Waals surface area contributed by atoms with Gasteiger partial charge in [0.05, 0.1) is 12.8 Å². The normalized spacial score (nSPS) is 10.0. The number of para-hydroxylation sites is 2. The smallest absolute Gasteiger partial charge is 0.262 e. The molecule has 0 fully saturated rings. The second kappa shape index (κ2) is 7.08. The van der Waals surface area contributed by atoms with Crippen molar-refractivity contribution in [2.45, 2.75) is 0 Å². The summed E-state index contributed by atoms with van der Waals surface area (Å²) in [7, 11) is 1.52. The van der Waals surface area contributed by atoms with Crippen LogP contribution in [0.1, 0.15) is 0 Å². The van der Waals surface area contributed by atoms with E-state index in [-0.39, 0.29) is 18.3 Å². The van der Waals surface area contributed by atoms with Gasteiger partial charge in [-0.15, -0.1) is 0 Å². The second-order valence-corrected chi connectivity index (χ2v) is 5.06. The van der Waals surface area contributed by atoms with E-state index in [9.17, 15) is 9.18 Å². The lowest BCUT2D eigenvalue weighted by atomic mass is 10.3. The lowest BCUT2D eigenvalue weighted by molar-refractivity contribution is -0.118. The van der Waals surface area contributed by atoms with Gasteiger partial charge in [0.25, 0.3) is 5.91 Å². The third-order valence-electron chi connectivity index (χ3n) is 2.59. The number of ether oxygens (including phenoxy) is 2. The lowest BCUT2D eigenvalue weighted by Gasteiger charge is -2.10. The Labute approximate surface area is 130 Å². The van der Waals surface area contributed by atoms with E-state index in [4.69, 9.17) is 9.47 Å². The number of hydrogen-bond donors (Lipinski definition) is 1. The maximum Gasteiger partial charge on any atom is 0.262 e. The van der Waals surface area contributed by atoms with E-state index in [1.165, 1.54) is 19.2 Å². The van der Waals surface area contributed by atoms with Crippen LogP contribution in [0.25, 0.3) is 0 Å². The van der Waals surface area contributed by atoms with Crippen LogP contribution in [0.3, 0.4) is 0 Å². The van der Waals surface area contributed by atoms with E-state index in [1.54, 1.807) is 30.3 Å². The minimum absolute atomic E-state index is 0.228. The van der Waals surface area contributed by atoms with Crippen molar-refractivity contribution in [3.8, 4) is 11.5 Å². The van der Waals surface area contributed by atoms with Gasteiger partial charge >= 0.3 is 0 Å². The molecule has 6 heteroatoms. The Hall–Kier alpha value is -2.08. The highest BCUT2D eigenvalue weighted by atomic mass is 79.9. The van der Waals surface area contributed by atoms with Gasteiger partial charge in [-0.1, -0.05) is 28.1 Å². The van der Waals surface area contributed by atoms with Crippen molar-refractivity contribution in [2.75, 3.05) is 19.0 Å². The van der Waals surface area contributed by atoms with Crippen molar-refractivity contribution in [3.63, 3.8) is 0 Å². The summed E-state index contributed by atoms with van der Waals surface area (Å²) in [5, 5.41) is 2.67. The number of carbonyl (C=O) groups excluding carboxylic acids is 1. The fourth-order valence-corrected chi connectivity index (χ4v) is 2.14. The number of methoxy groups -OCH3 is 1. The monoisotopic (exact) mass is 353 g/mol. The molecule has 0 unspecified atom stereocenters. The van der Waals surface area contributed by atoms with E-state index in [0.29, 0.717) is 15.9 Å². The van der Waals surface area contributed by atoms with Crippen LogP contribution < -0.4 is 14.8 Å². The molecular weight excluding hydrogens is 341 g/mol. The average Bonchev–Trinajstić information content (AvgIpc) is 2.45. The van der Waals surface area contributed by atoms with Crippen LogP contribution in [-0.4, -0.2) is 19.6 Å². The minimum Gasteiger partial charge on any atom is -0.495 e. The highest BCUT2D eigenvalue weighted by molar-refractivity contribution is 9.10. The van der Waals surface area contributed by atoms with Gasteiger partial charge in [-0.2, -0.15) is 0 Å². The second-order valence-electron chi connectivity index (χ2n) is 4.14. The fourth-order valence-electron chi connectivity index (χ4n) is 1.69. The molecule has 0 atom stereocenters. The highest BCUT2D eigenvalue weighted by Crippen LogP contribution is 2.23. The van der Waals surface area contributed by atoms with Crippen LogP contribution in [0.15, 0.2) is 46.9 Å². The Balaban J connectivity index is 1.96. The Morgan fingerprint density at radius 1 is 1.29 bits per heavy atom. The highest BCUT2D eigenvalue weighted by Gasteiger charge is 2.08. The molecule has 0 aliphatic heterocycles. The Bertz CT molecular complexity index is 628. The topological polar surface area (TPSA) is 47.6 Å². The molecule has 0 heterocycles. The Morgan fingerprint density at radius 2 is 2.05 bits per heavy atom. The predicted molar refractivity (Wildman–Crippen MR) is 81.2 cm³/mol. The fraction of sp³-hybridized carbons (Fsp3) is 0.133. The molecule has 2 aromatic carbocycles. The number of anilines is 1. The quantitative estimate of drug-likeness (QED) is 0.892. The van der Waals surface area contributed by atoms with Crippen molar-refractivity contribution in [1.29, 1.82) is 0 Å². The molecular formula is C15H13BrFNO3. The van der Waals surface area contributed by atoms with Crippen LogP contribution in [0.2, 0.25) is 0 Å². The summed E-state index contributed by atoms with van der Waals surface area (Å²) in [4.78, 5) is 11.8. The average molecular weight is 354 g/mol. The minimum atomic E-state index is -0.440. The van der Waals surface area contributed by atoms with Crippen molar-refractivity contribution in [2.24, 2.45) is 0 Å². The number of amides is 1. The van der Waals surface area contributed by atoms with Gasteiger partial charge in [0.1, 0.15) is 17.3 Å². The predicted octanol–water partition coefficient (Wildman–Crippen LogP) is 3.61. The summed E-state index contributed by atoms with van der Waals surface area (Å²) in [6.45, 7) is -0.228. The van der Waals surface area contributed by atoms with Gasteiger partial charge in [0.15, 0.2) is 6.61 Å². The first-order chi connectivity index (χ1) is 10.1. The van der Waals surface area contributed by atoms with Gasteiger partial charge in [-0.25, -0.2) is 4.39 Å². The third kappa shape index (κ3) is 4.46. The summed E-state index contributed by atoms with van der Waals surface area (Å²) in [5.41, 5.74) is 0.550. The zero-order valence-electron chi connectivity index (χ0n) is 11.2. The van der Waals surface area contributed by atoms with E-state index in [0.717, 1.165) is 0 Å². The number of nitrogens with one attached hydrogen (secondary N) is 1. The molecule has 2 rings (SSSR count). The molecule has 0 saturated carbocycles. The number of rotatable bonds is 5. The zero-order chi connectivity index (χ0) is 15.2. The molecule has 0 spiro atoms. The molecule has 1 N–H and O–H groups in total. The molecule has 0 radical (unpaired) electrons. The van der Waals surface area contributed by atoms with Gasteiger partial charge in [-0.05, 0) is 24.3 Å². The van der Waals surface area contributed by atoms with Crippen LogP contribution in [0.4, 0.5) is 10.1 Å². The van der Waals surface area contributed by atoms with Crippen molar-refractivity contribution < 1.29 is 18.7 Å². The Kier molecular flexibility index (Phi) is 5.16. The molecule has 2 aromatic rings. The molecule has 0 aliphatic carbocycles. The molecule has 0 saturated heterocycles. The number of hydrogen-bond acceptors (Lipinski definition) is 3. The summed E-state index contributed by atoms with van der Waals surface area (Å²) >= 11 is 3.16. The largest absolute Gasteiger partial charge is 0.495 e. The number of carbonyl (C=O) groups is 1. The number of benzene rings is 2. The van der Waals surface area contributed by atoms with Crippen LogP contribution in [-0.2, 0) is 4.79 Å². The van der Waals surface area contributed by atoms with Gasteiger partial charge in [0.2, 0.25) is 0 Å². The van der Waals surface area contributed by atoms with Crippen molar-refractivity contribution in [3.05, 3.63) is 52.8 Å². The van der Waals surface area contributed by atoms with E-state index < -0.39 is 5.82 Å². The van der Waals surface area contributed by atoms with E-state index in [1.807, 2.05) is 0 Å². The van der Waals surface area contributed by atoms with Crippen molar-refractivity contribution in [1.82, 2.24) is 0 Å². The molecule has 4 nitrogen and oxygen atoms in total. The maximum atomic E-state index is 13.2. The van der Waals surface area contributed by atoms with Crippen molar-refractivity contribution >= 4 is 27.5 Å². The molecule has 21 heavy (non-hydrogen) atoms. The number of halogens is 2. The first-order valence-corrected chi connectivity index (χ1v) is 6.89. The SMILES string of the molecule is COc1ccccc1NC(=O)COc1cc(F)cc(Br)c1. The van der Waals surface area contributed by atoms with Crippen LogP contribution in [0.5, 0.6) is 11.5 Å². The molecule has 110 valence electrons. The van der Waals surface area contributed by atoms with Gasteiger partial charge in [0, 0.05) is 10.5 Å². The Morgan fingerprint density at radius 3 is 2.76 bits per heavy atom. The summed E-state index contributed by atoms with van der Waals surface area (Å²) < 4.78 is 24.1. The molecule has 0 bridgehead atoms. The summed E-state index contributed by atoms with van der Waals surface area (Å²) in [5.74, 6) is 0.0285. The zero-order valence-corrected chi connectivity index (χ0v) is 12.8. The lowest BCUT2D eigenvalue weighted by Crippen LogP contribution is -2.20. The standard InChI is InChI=1S/C15H13BrFNO3/c1-20-14-5-3-2-4-13(14)18-15(19)9-21-12-7-10(16)6-11(17)8-12/h2-8H,9H2,1H3,(H,18,19). The van der Waals surface area contributed by atoms with Crippen LogP contribution in [0, 0.1) is 5.82 Å². The van der Waals surface area contributed by atoms with Gasteiger partial charge < -0.3 is 14.8 Å². The maximum absolute atomic E-state index is 13.2. The molecule has 0 aliphatic rings. The van der Waals surface area contributed by atoms with E-state index in [2.05, 4.69) is 21.2 Å². The third-order valence-corrected chi connectivity index (χ3v) is 3.04. The van der Waals surface area contributed by atoms with E-state index >= 15 is 0 Å². The molecule has 0 aromatic heterocycles.